The van der Waals surface area contributed by atoms with Crippen molar-refractivity contribution < 1.29 is 19.1 Å². The van der Waals surface area contributed by atoms with Gasteiger partial charge >= 0.3 is 12.1 Å². The van der Waals surface area contributed by atoms with E-state index < -0.39 is 11.6 Å². The molecular formula is C17H25N3O4. The highest BCUT2D eigenvalue weighted by Crippen LogP contribution is 2.23. The standard InChI is InChI=1S/C17H25N3O4/c1-17(2,3)24-16(22)20-7-5-19(6-8-20)14-10-12(15(21)23-4)9-13(18)11-14/h9-11H,5-8,18H2,1-4H3. The lowest BCUT2D eigenvalue weighted by Crippen LogP contribution is -2.50. The first-order valence-electron chi connectivity index (χ1n) is 7.91. The normalized spacial score (nSPS) is 15.2. The molecule has 7 nitrogen and oxygen atoms in total. The van der Waals surface area contributed by atoms with E-state index in [4.69, 9.17) is 15.2 Å². The van der Waals surface area contributed by atoms with Gasteiger partial charge in [-0.25, -0.2) is 9.59 Å². The zero-order chi connectivity index (χ0) is 17.9. The Morgan fingerprint density at radius 3 is 2.25 bits per heavy atom. The number of nitrogens with two attached hydrogens (primary N) is 1. The first-order valence-corrected chi connectivity index (χ1v) is 7.91. The van der Waals surface area contributed by atoms with Crippen LogP contribution in [-0.4, -0.2) is 55.9 Å². The number of carbonyl (C=O) groups excluding carboxylic acids is 2. The molecule has 1 aliphatic rings. The second kappa shape index (κ2) is 6.98. The molecule has 0 bridgehead atoms. The van der Waals surface area contributed by atoms with E-state index >= 15 is 0 Å². The third-order valence-electron chi connectivity index (χ3n) is 3.66. The highest BCUT2D eigenvalue weighted by atomic mass is 16.6. The summed E-state index contributed by atoms with van der Waals surface area (Å²) in [5.41, 5.74) is 7.15. The van der Waals surface area contributed by atoms with Gasteiger partial charge in [-0.15, -0.1) is 0 Å². The van der Waals surface area contributed by atoms with Crippen LogP contribution in [0.1, 0.15) is 31.1 Å². The lowest BCUT2D eigenvalue weighted by atomic mass is 10.1. The van der Waals surface area contributed by atoms with E-state index in [1.165, 1.54) is 7.11 Å². The summed E-state index contributed by atoms with van der Waals surface area (Å²) in [4.78, 5) is 27.6. The van der Waals surface area contributed by atoms with Crippen LogP contribution in [0.15, 0.2) is 18.2 Å². The first kappa shape index (κ1) is 17.9. The topological polar surface area (TPSA) is 85.1 Å². The third kappa shape index (κ3) is 4.53. The second-order valence-corrected chi connectivity index (χ2v) is 6.76. The molecule has 0 unspecified atom stereocenters. The number of piperazine rings is 1. The fraction of sp³-hybridized carbons (Fsp3) is 0.529. The quantitative estimate of drug-likeness (QED) is 0.658. The van der Waals surface area contributed by atoms with Crippen molar-refractivity contribution in [3.8, 4) is 0 Å². The average Bonchev–Trinajstić information content (AvgIpc) is 2.52. The van der Waals surface area contributed by atoms with Crippen molar-refractivity contribution in [3.63, 3.8) is 0 Å². The predicted molar refractivity (Wildman–Crippen MR) is 92.2 cm³/mol. The number of hydrogen-bond acceptors (Lipinski definition) is 6. The van der Waals surface area contributed by atoms with E-state index in [0.717, 1.165) is 5.69 Å². The number of benzene rings is 1. The van der Waals surface area contributed by atoms with Crippen molar-refractivity contribution in [2.75, 3.05) is 43.9 Å². The fourth-order valence-corrected chi connectivity index (χ4v) is 2.53. The van der Waals surface area contributed by atoms with Crippen molar-refractivity contribution in [1.29, 1.82) is 0 Å². The van der Waals surface area contributed by atoms with E-state index in [0.29, 0.717) is 37.4 Å². The van der Waals surface area contributed by atoms with Crippen molar-refractivity contribution >= 4 is 23.4 Å². The molecule has 0 radical (unpaired) electrons. The van der Waals surface area contributed by atoms with E-state index in [9.17, 15) is 9.59 Å². The molecule has 0 aromatic heterocycles. The molecule has 0 spiro atoms. The molecule has 0 aliphatic carbocycles. The largest absolute Gasteiger partial charge is 0.465 e. The Bertz CT molecular complexity index is 617. The average molecular weight is 335 g/mol. The van der Waals surface area contributed by atoms with Gasteiger partial charge in [0.2, 0.25) is 0 Å². The van der Waals surface area contributed by atoms with Crippen LogP contribution in [-0.2, 0) is 9.47 Å². The lowest BCUT2D eigenvalue weighted by molar-refractivity contribution is 0.0240. The number of esters is 1. The van der Waals surface area contributed by atoms with E-state index in [-0.39, 0.29) is 6.09 Å². The van der Waals surface area contributed by atoms with Gasteiger partial charge in [0.15, 0.2) is 0 Å². The maximum absolute atomic E-state index is 12.1. The molecule has 7 heteroatoms. The van der Waals surface area contributed by atoms with Gasteiger partial charge in [-0.1, -0.05) is 0 Å². The van der Waals surface area contributed by atoms with Crippen LogP contribution < -0.4 is 10.6 Å². The Labute approximate surface area is 142 Å². The summed E-state index contributed by atoms with van der Waals surface area (Å²) in [6.07, 6.45) is -0.301. The summed E-state index contributed by atoms with van der Waals surface area (Å²) in [6.45, 7) is 7.94. The second-order valence-electron chi connectivity index (χ2n) is 6.76. The highest BCUT2D eigenvalue weighted by Gasteiger charge is 2.26. The predicted octanol–water partition coefficient (Wildman–Crippen LogP) is 2.11. The number of anilines is 2. The minimum atomic E-state index is -0.502. The Morgan fingerprint density at radius 2 is 1.71 bits per heavy atom. The summed E-state index contributed by atoms with van der Waals surface area (Å²) in [7, 11) is 1.34. The fourth-order valence-electron chi connectivity index (χ4n) is 2.53. The van der Waals surface area contributed by atoms with E-state index in [1.807, 2.05) is 26.8 Å². The molecular weight excluding hydrogens is 310 g/mol. The van der Waals surface area contributed by atoms with Gasteiger partial charge in [-0.05, 0) is 39.0 Å². The van der Waals surface area contributed by atoms with Crippen LogP contribution in [0.3, 0.4) is 0 Å². The molecule has 1 aliphatic heterocycles. The van der Waals surface area contributed by atoms with Crippen LogP contribution in [0.5, 0.6) is 0 Å². The van der Waals surface area contributed by atoms with Crippen LogP contribution in [0, 0.1) is 0 Å². The van der Waals surface area contributed by atoms with Crippen molar-refractivity contribution in [1.82, 2.24) is 4.90 Å². The summed E-state index contributed by atoms with van der Waals surface area (Å²) in [6, 6.07) is 5.16. The number of rotatable bonds is 2. The van der Waals surface area contributed by atoms with Crippen molar-refractivity contribution in [3.05, 3.63) is 23.8 Å². The third-order valence-corrected chi connectivity index (χ3v) is 3.66. The monoisotopic (exact) mass is 335 g/mol. The molecule has 1 aromatic rings. The number of nitrogen functional groups attached to an aromatic ring is 1. The molecule has 1 saturated heterocycles. The van der Waals surface area contributed by atoms with Gasteiger partial charge in [0.05, 0.1) is 12.7 Å². The van der Waals surface area contributed by atoms with Gasteiger partial charge in [-0.3, -0.25) is 0 Å². The summed E-state index contributed by atoms with van der Waals surface area (Å²) in [5.74, 6) is -0.420. The number of ether oxygens (including phenoxy) is 2. The van der Waals surface area contributed by atoms with Crippen LogP contribution >= 0.6 is 0 Å². The van der Waals surface area contributed by atoms with Gasteiger partial charge in [-0.2, -0.15) is 0 Å². The molecule has 0 atom stereocenters. The number of nitrogens with zero attached hydrogens (tertiary/aromatic N) is 2. The van der Waals surface area contributed by atoms with Crippen molar-refractivity contribution in [2.45, 2.75) is 26.4 Å². The number of amides is 1. The van der Waals surface area contributed by atoms with Crippen LogP contribution in [0.25, 0.3) is 0 Å². The minimum Gasteiger partial charge on any atom is -0.465 e. The maximum atomic E-state index is 12.1. The van der Waals surface area contributed by atoms with Crippen molar-refractivity contribution in [2.24, 2.45) is 0 Å². The molecule has 0 saturated carbocycles. The Kier molecular flexibility index (Phi) is 5.21. The Hall–Kier alpha value is -2.44. The number of hydrogen-bond donors (Lipinski definition) is 1. The highest BCUT2D eigenvalue weighted by molar-refractivity contribution is 5.92. The smallest absolute Gasteiger partial charge is 0.410 e. The number of methoxy groups -OCH3 is 1. The van der Waals surface area contributed by atoms with E-state index in [2.05, 4.69) is 4.90 Å². The molecule has 2 rings (SSSR count). The van der Waals surface area contributed by atoms with Gasteiger partial charge in [0.1, 0.15) is 5.60 Å². The lowest BCUT2D eigenvalue weighted by Gasteiger charge is -2.37. The SMILES string of the molecule is COC(=O)c1cc(N)cc(N2CCN(C(=O)OC(C)(C)C)CC2)c1. The Morgan fingerprint density at radius 1 is 1.08 bits per heavy atom. The minimum absolute atomic E-state index is 0.301. The molecule has 132 valence electrons. The summed E-state index contributed by atoms with van der Waals surface area (Å²) in [5, 5.41) is 0. The first-order chi connectivity index (χ1) is 11.2. The Balaban J connectivity index is 2.03. The zero-order valence-electron chi connectivity index (χ0n) is 14.7. The van der Waals surface area contributed by atoms with Gasteiger partial charge in [0, 0.05) is 37.6 Å². The molecule has 1 fully saturated rings. The van der Waals surface area contributed by atoms with Crippen LogP contribution in [0.2, 0.25) is 0 Å². The number of carbonyl (C=O) groups is 2. The molecule has 24 heavy (non-hydrogen) atoms. The molecule has 1 heterocycles. The van der Waals surface area contributed by atoms with Crippen LogP contribution in [0.4, 0.5) is 16.2 Å². The molecule has 2 N–H and O–H groups in total. The maximum Gasteiger partial charge on any atom is 0.410 e. The molecule has 1 aromatic carbocycles. The van der Waals surface area contributed by atoms with Gasteiger partial charge in [0.25, 0.3) is 0 Å². The summed E-state index contributed by atoms with van der Waals surface area (Å²) < 4.78 is 10.1. The van der Waals surface area contributed by atoms with Gasteiger partial charge < -0.3 is 25.0 Å². The molecule has 1 amide bonds. The zero-order valence-corrected chi connectivity index (χ0v) is 14.7. The van der Waals surface area contributed by atoms with E-state index in [1.54, 1.807) is 17.0 Å². The summed E-state index contributed by atoms with van der Waals surface area (Å²) >= 11 is 0.